The van der Waals surface area contributed by atoms with Crippen molar-refractivity contribution in [3.8, 4) is 0 Å². The first-order valence-electron chi connectivity index (χ1n) is 7.70. The number of rotatable bonds is 10. The maximum absolute atomic E-state index is 3.68. The molecule has 1 fully saturated rings. The standard InChI is InChI=1S/C15H32N2/c1-5-8-11-17(14-9-10-14)12-15(16-7-3)13(4)6-2/h13-16H,5-12H2,1-4H3. The Labute approximate surface area is 108 Å². The van der Waals surface area contributed by atoms with Gasteiger partial charge in [-0.15, -0.1) is 0 Å². The third-order valence-corrected chi connectivity index (χ3v) is 4.09. The molecular weight excluding hydrogens is 208 g/mol. The van der Waals surface area contributed by atoms with Crippen LogP contribution in [0.1, 0.15) is 59.8 Å². The highest BCUT2D eigenvalue weighted by Crippen LogP contribution is 2.28. The Hall–Kier alpha value is -0.0800. The van der Waals surface area contributed by atoms with Crippen LogP contribution in [0, 0.1) is 5.92 Å². The Kier molecular flexibility index (Phi) is 7.14. The predicted octanol–water partition coefficient (Wildman–Crippen LogP) is 3.28. The van der Waals surface area contributed by atoms with Gasteiger partial charge in [0.25, 0.3) is 0 Å². The first-order valence-corrected chi connectivity index (χ1v) is 7.70. The smallest absolute Gasteiger partial charge is 0.0220 e. The molecule has 0 radical (unpaired) electrons. The normalized spacial score (nSPS) is 19.6. The lowest BCUT2D eigenvalue weighted by molar-refractivity contribution is 0.201. The maximum atomic E-state index is 3.68. The summed E-state index contributed by atoms with van der Waals surface area (Å²) in [6, 6.07) is 1.59. The molecule has 0 heterocycles. The van der Waals surface area contributed by atoms with E-state index in [2.05, 4.69) is 37.9 Å². The molecule has 1 aliphatic carbocycles. The van der Waals surface area contributed by atoms with Crippen LogP contribution in [-0.2, 0) is 0 Å². The van der Waals surface area contributed by atoms with E-state index in [0.29, 0.717) is 6.04 Å². The van der Waals surface area contributed by atoms with E-state index < -0.39 is 0 Å². The molecule has 0 bridgehead atoms. The summed E-state index contributed by atoms with van der Waals surface area (Å²) in [6.45, 7) is 12.9. The summed E-state index contributed by atoms with van der Waals surface area (Å²) in [5, 5.41) is 3.68. The van der Waals surface area contributed by atoms with Gasteiger partial charge in [0.2, 0.25) is 0 Å². The molecule has 0 aromatic rings. The zero-order valence-corrected chi connectivity index (χ0v) is 12.3. The Morgan fingerprint density at radius 2 is 1.94 bits per heavy atom. The van der Waals surface area contributed by atoms with Gasteiger partial charge in [-0.05, 0) is 38.3 Å². The molecule has 0 aliphatic heterocycles. The highest BCUT2D eigenvalue weighted by molar-refractivity contribution is 4.88. The molecule has 0 aromatic carbocycles. The van der Waals surface area contributed by atoms with E-state index in [-0.39, 0.29) is 0 Å². The molecule has 1 N–H and O–H groups in total. The molecule has 0 aromatic heterocycles. The summed E-state index contributed by atoms with van der Waals surface area (Å²) in [5.74, 6) is 0.790. The highest BCUT2D eigenvalue weighted by atomic mass is 15.2. The third kappa shape index (κ3) is 5.39. The first kappa shape index (κ1) is 15.0. The van der Waals surface area contributed by atoms with E-state index in [0.717, 1.165) is 18.5 Å². The molecule has 2 atom stereocenters. The van der Waals surface area contributed by atoms with Crippen LogP contribution in [0.2, 0.25) is 0 Å². The number of nitrogens with one attached hydrogen (secondary N) is 1. The molecule has 102 valence electrons. The molecule has 0 saturated heterocycles. The van der Waals surface area contributed by atoms with E-state index >= 15 is 0 Å². The zero-order valence-electron chi connectivity index (χ0n) is 12.3. The Bertz CT molecular complexity index is 189. The van der Waals surface area contributed by atoms with Crippen LogP contribution in [0.3, 0.4) is 0 Å². The SMILES string of the molecule is CCCCN(CC(NCC)C(C)CC)C1CC1. The van der Waals surface area contributed by atoms with E-state index in [1.54, 1.807) is 0 Å². The minimum atomic E-state index is 0.683. The summed E-state index contributed by atoms with van der Waals surface area (Å²) in [4.78, 5) is 2.74. The number of hydrogen-bond acceptors (Lipinski definition) is 2. The van der Waals surface area contributed by atoms with Crippen molar-refractivity contribution < 1.29 is 0 Å². The van der Waals surface area contributed by atoms with Gasteiger partial charge >= 0.3 is 0 Å². The van der Waals surface area contributed by atoms with Crippen LogP contribution in [0.5, 0.6) is 0 Å². The van der Waals surface area contributed by atoms with Crippen LogP contribution in [0.4, 0.5) is 0 Å². The van der Waals surface area contributed by atoms with Crippen molar-refractivity contribution in [2.24, 2.45) is 5.92 Å². The largest absolute Gasteiger partial charge is 0.313 e. The fourth-order valence-corrected chi connectivity index (χ4v) is 2.47. The third-order valence-electron chi connectivity index (χ3n) is 4.09. The van der Waals surface area contributed by atoms with E-state index in [1.807, 2.05) is 0 Å². The molecule has 1 saturated carbocycles. The second-order valence-electron chi connectivity index (χ2n) is 5.63. The van der Waals surface area contributed by atoms with Crippen LogP contribution in [-0.4, -0.2) is 36.6 Å². The van der Waals surface area contributed by atoms with E-state index in [9.17, 15) is 0 Å². The van der Waals surface area contributed by atoms with Crippen molar-refractivity contribution in [3.05, 3.63) is 0 Å². The topological polar surface area (TPSA) is 15.3 Å². The summed E-state index contributed by atoms with van der Waals surface area (Å²) in [7, 11) is 0. The number of hydrogen-bond donors (Lipinski definition) is 1. The van der Waals surface area contributed by atoms with Crippen molar-refractivity contribution in [1.82, 2.24) is 10.2 Å². The monoisotopic (exact) mass is 240 g/mol. The minimum absolute atomic E-state index is 0.683. The molecular formula is C15H32N2. The number of unbranched alkanes of at least 4 members (excludes halogenated alkanes) is 1. The summed E-state index contributed by atoms with van der Waals surface area (Å²) in [5.41, 5.74) is 0. The van der Waals surface area contributed by atoms with E-state index in [1.165, 1.54) is 45.2 Å². The van der Waals surface area contributed by atoms with Gasteiger partial charge in [-0.25, -0.2) is 0 Å². The second-order valence-corrected chi connectivity index (χ2v) is 5.63. The number of nitrogens with zero attached hydrogens (tertiary/aromatic N) is 1. The van der Waals surface area contributed by atoms with Crippen molar-refractivity contribution in [2.45, 2.75) is 71.9 Å². The molecule has 0 spiro atoms. The average molecular weight is 240 g/mol. The van der Waals surface area contributed by atoms with Gasteiger partial charge in [-0.3, -0.25) is 4.90 Å². The lowest BCUT2D eigenvalue weighted by Gasteiger charge is -2.31. The number of likely N-dealkylation sites (N-methyl/N-ethyl adjacent to an activating group) is 1. The van der Waals surface area contributed by atoms with E-state index in [4.69, 9.17) is 0 Å². The molecule has 2 nitrogen and oxygen atoms in total. The van der Waals surface area contributed by atoms with Gasteiger partial charge in [0.15, 0.2) is 0 Å². The fourth-order valence-electron chi connectivity index (χ4n) is 2.47. The summed E-state index contributed by atoms with van der Waals surface area (Å²) < 4.78 is 0. The fraction of sp³-hybridized carbons (Fsp3) is 1.00. The quantitative estimate of drug-likeness (QED) is 0.630. The van der Waals surface area contributed by atoms with Crippen LogP contribution < -0.4 is 5.32 Å². The van der Waals surface area contributed by atoms with Crippen LogP contribution >= 0.6 is 0 Å². The van der Waals surface area contributed by atoms with Gasteiger partial charge in [0, 0.05) is 18.6 Å². The summed E-state index contributed by atoms with van der Waals surface area (Å²) in [6.07, 6.45) is 6.82. The Morgan fingerprint density at radius 3 is 2.41 bits per heavy atom. The molecule has 2 heteroatoms. The first-order chi connectivity index (χ1) is 8.22. The van der Waals surface area contributed by atoms with Crippen molar-refractivity contribution in [1.29, 1.82) is 0 Å². The average Bonchev–Trinajstić information content (AvgIpc) is 3.16. The minimum Gasteiger partial charge on any atom is -0.313 e. The lowest BCUT2D eigenvalue weighted by Crippen LogP contribution is -2.45. The lowest BCUT2D eigenvalue weighted by atomic mass is 9.98. The predicted molar refractivity (Wildman–Crippen MR) is 76.4 cm³/mol. The Morgan fingerprint density at radius 1 is 1.24 bits per heavy atom. The van der Waals surface area contributed by atoms with Crippen LogP contribution in [0.15, 0.2) is 0 Å². The van der Waals surface area contributed by atoms with Crippen LogP contribution in [0.25, 0.3) is 0 Å². The molecule has 2 unspecified atom stereocenters. The van der Waals surface area contributed by atoms with Crippen molar-refractivity contribution in [3.63, 3.8) is 0 Å². The highest BCUT2D eigenvalue weighted by Gasteiger charge is 2.30. The molecule has 17 heavy (non-hydrogen) atoms. The summed E-state index contributed by atoms with van der Waals surface area (Å²) >= 11 is 0. The maximum Gasteiger partial charge on any atom is 0.0220 e. The van der Waals surface area contributed by atoms with Gasteiger partial charge < -0.3 is 5.32 Å². The molecule has 1 rings (SSSR count). The second kappa shape index (κ2) is 8.10. The van der Waals surface area contributed by atoms with Crippen molar-refractivity contribution in [2.75, 3.05) is 19.6 Å². The Balaban J connectivity index is 2.42. The van der Waals surface area contributed by atoms with Crippen molar-refractivity contribution >= 4 is 0 Å². The van der Waals surface area contributed by atoms with Gasteiger partial charge in [0.1, 0.15) is 0 Å². The zero-order chi connectivity index (χ0) is 12.7. The van der Waals surface area contributed by atoms with Gasteiger partial charge in [-0.1, -0.05) is 40.5 Å². The molecule has 0 amide bonds. The van der Waals surface area contributed by atoms with Gasteiger partial charge in [0.05, 0.1) is 0 Å². The van der Waals surface area contributed by atoms with Gasteiger partial charge in [-0.2, -0.15) is 0 Å². The molecule has 1 aliphatic rings.